The van der Waals surface area contributed by atoms with Crippen LogP contribution in [0.3, 0.4) is 0 Å². The Morgan fingerprint density at radius 1 is 1.16 bits per heavy atom. The number of anilines is 1. The molecule has 3 N–H and O–H groups in total. The van der Waals surface area contributed by atoms with Gasteiger partial charge in [0.1, 0.15) is 5.00 Å². The van der Waals surface area contributed by atoms with E-state index in [1.54, 1.807) is 6.92 Å². The van der Waals surface area contributed by atoms with Crippen LogP contribution in [0, 0.1) is 0 Å². The molecule has 0 aromatic carbocycles. The summed E-state index contributed by atoms with van der Waals surface area (Å²) in [7, 11) is 0. The lowest BCUT2D eigenvalue weighted by Gasteiger charge is -2.12. The number of hydrogen-bond acceptors (Lipinski definition) is 6. The van der Waals surface area contributed by atoms with Crippen LogP contribution in [0.25, 0.3) is 0 Å². The van der Waals surface area contributed by atoms with Gasteiger partial charge in [0, 0.05) is 18.3 Å². The van der Waals surface area contributed by atoms with E-state index in [-0.39, 0.29) is 5.91 Å². The zero-order valence-corrected chi connectivity index (χ0v) is 15.0. The molecular formula is C16H21N3O5S. The van der Waals surface area contributed by atoms with Gasteiger partial charge in [-0.15, -0.1) is 11.3 Å². The average Bonchev–Trinajstić information content (AvgIpc) is 2.89. The number of rotatable bonds is 5. The number of carbonyl (C=O) groups is 4. The predicted octanol–water partition coefficient (Wildman–Crippen LogP) is 1.59. The molecule has 0 fully saturated rings. The van der Waals surface area contributed by atoms with Crippen molar-refractivity contribution in [3.63, 3.8) is 0 Å². The van der Waals surface area contributed by atoms with E-state index in [0.29, 0.717) is 17.1 Å². The number of nitrogens with one attached hydrogen (secondary N) is 3. The van der Waals surface area contributed by atoms with Gasteiger partial charge in [-0.05, 0) is 38.2 Å². The van der Waals surface area contributed by atoms with Crippen molar-refractivity contribution in [3.8, 4) is 0 Å². The van der Waals surface area contributed by atoms with Gasteiger partial charge < -0.3 is 15.4 Å². The van der Waals surface area contributed by atoms with Crippen LogP contribution in [0.15, 0.2) is 0 Å². The highest BCUT2D eigenvalue weighted by Crippen LogP contribution is 2.38. The molecule has 9 heteroatoms. The summed E-state index contributed by atoms with van der Waals surface area (Å²) in [6, 6.07) is -0.643. The summed E-state index contributed by atoms with van der Waals surface area (Å²) >= 11 is 1.37. The van der Waals surface area contributed by atoms with E-state index in [0.717, 1.165) is 36.1 Å². The molecule has 8 nitrogen and oxygen atoms in total. The zero-order valence-electron chi connectivity index (χ0n) is 14.2. The third-order valence-electron chi connectivity index (χ3n) is 3.59. The maximum atomic E-state index is 12.4. The van der Waals surface area contributed by atoms with E-state index in [4.69, 9.17) is 4.74 Å². The van der Waals surface area contributed by atoms with E-state index in [1.165, 1.54) is 18.3 Å². The first kappa shape index (κ1) is 18.9. The maximum absolute atomic E-state index is 12.4. The fraction of sp³-hybridized carbons (Fsp3) is 0.500. The van der Waals surface area contributed by atoms with Gasteiger partial charge in [0.2, 0.25) is 5.91 Å². The fourth-order valence-electron chi connectivity index (χ4n) is 2.60. The van der Waals surface area contributed by atoms with Gasteiger partial charge in [-0.25, -0.2) is 9.59 Å². The fourth-order valence-corrected chi connectivity index (χ4v) is 3.92. The van der Waals surface area contributed by atoms with Crippen LogP contribution in [0.1, 0.15) is 47.5 Å². The van der Waals surface area contributed by atoms with Gasteiger partial charge in [-0.1, -0.05) is 0 Å². The van der Waals surface area contributed by atoms with Gasteiger partial charge in [-0.2, -0.15) is 0 Å². The SMILES string of the molecule is CCNC(=O)NC(=O)COC(=O)c1c(NC(C)=O)sc2c1CCCC2. The van der Waals surface area contributed by atoms with Gasteiger partial charge in [-0.3, -0.25) is 14.9 Å². The summed E-state index contributed by atoms with van der Waals surface area (Å²) in [4.78, 5) is 47.8. The van der Waals surface area contributed by atoms with E-state index in [9.17, 15) is 19.2 Å². The molecule has 0 bridgehead atoms. The lowest BCUT2D eigenvalue weighted by atomic mass is 9.95. The van der Waals surface area contributed by atoms with Gasteiger partial charge in [0.25, 0.3) is 5.91 Å². The summed E-state index contributed by atoms with van der Waals surface area (Å²) in [5.41, 5.74) is 1.20. The molecule has 0 unspecified atom stereocenters. The number of imide groups is 1. The Balaban J connectivity index is 2.07. The Bertz CT molecular complexity index is 698. The van der Waals surface area contributed by atoms with Crippen LogP contribution >= 0.6 is 11.3 Å². The summed E-state index contributed by atoms with van der Waals surface area (Å²) < 4.78 is 5.04. The molecule has 0 atom stereocenters. The minimum atomic E-state index is -0.718. The van der Waals surface area contributed by atoms with Crippen LogP contribution in [0.2, 0.25) is 0 Å². The number of thiophene rings is 1. The number of amides is 4. The number of carbonyl (C=O) groups excluding carboxylic acids is 4. The van der Waals surface area contributed by atoms with Crippen LogP contribution < -0.4 is 16.0 Å². The molecule has 1 aromatic rings. The highest BCUT2D eigenvalue weighted by Gasteiger charge is 2.27. The Labute approximate surface area is 149 Å². The summed E-state index contributed by atoms with van der Waals surface area (Å²) in [5, 5.41) is 7.58. The van der Waals surface area contributed by atoms with E-state index in [1.807, 2.05) is 0 Å². The average molecular weight is 367 g/mol. The largest absolute Gasteiger partial charge is 0.452 e. The molecule has 2 rings (SSSR count). The van der Waals surface area contributed by atoms with Crippen molar-refractivity contribution in [2.45, 2.75) is 39.5 Å². The molecule has 1 aliphatic rings. The Morgan fingerprint density at radius 3 is 2.56 bits per heavy atom. The lowest BCUT2D eigenvalue weighted by Crippen LogP contribution is -2.41. The van der Waals surface area contributed by atoms with Crippen molar-refractivity contribution < 1.29 is 23.9 Å². The van der Waals surface area contributed by atoms with Crippen LogP contribution in [0.5, 0.6) is 0 Å². The standard InChI is InChI=1S/C16H21N3O5S/c1-3-17-16(23)19-12(21)8-24-15(22)13-10-6-4-5-7-11(10)25-14(13)18-9(2)20/h3-8H2,1-2H3,(H,18,20)(H2,17,19,21,23). The minimum absolute atomic E-state index is 0.276. The lowest BCUT2D eigenvalue weighted by molar-refractivity contribution is -0.123. The number of urea groups is 1. The monoisotopic (exact) mass is 367 g/mol. The normalized spacial score (nSPS) is 12.7. The molecule has 1 aromatic heterocycles. The molecule has 4 amide bonds. The Hall–Kier alpha value is -2.42. The van der Waals surface area contributed by atoms with Crippen molar-refractivity contribution in [1.82, 2.24) is 10.6 Å². The highest BCUT2D eigenvalue weighted by molar-refractivity contribution is 7.17. The van der Waals surface area contributed by atoms with E-state index in [2.05, 4.69) is 16.0 Å². The van der Waals surface area contributed by atoms with E-state index < -0.39 is 24.5 Å². The van der Waals surface area contributed by atoms with Crippen molar-refractivity contribution in [2.75, 3.05) is 18.5 Å². The molecular weight excluding hydrogens is 346 g/mol. The predicted molar refractivity (Wildman–Crippen MR) is 92.8 cm³/mol. The van der Waals surface area contributed by atoms with Crippen molar-refractivity contribution in [3.05, 3.63) is 16.0 Å². The third-order valence-corrected chi connectivity index (χ3v) is 4.80. The molecule has 136 valence electrons. The topological polar surface area (TPSA) is 114 Å². The van der Waals surface area contributed by atoms with Gasteiger partial charge in [0.05, 0.1) is 5.56 Å². The smallest absolute Gasteiger partial charge is 0.341 e. The third kappa shape index (κ3) is 5.02. The van der Waals surface area contributed by atoms with E-state index >= 15 is 0 Å². The molecule has 25 heavy (non-hydrogen) atoms. The Kier molecular flexibility index (Phi) is 6.51. The second-order valence-electron chi connectivity index (χ2n) is 5.58. The first-order valence-corrected chi connectivity index (χ1v) is 8.91. The first-order chi connectivity index (χ1) is 11.9. The van der Waals surface area contributed by atoms with Crippen LogP contribution in [-0.2, 0) is 27.2 Å². The van der Waals surface area contributed by atoms with Crippen LogP contribution in [-0.4, -0.2) is 37.0 Å². The number of fused-ring (bicyclic) bond motifs is 1. The number of aryl methyl sites for hydroxylation is 1. The first-order valence-electron chi connectivity index (χ1n) is 8.09. The molecule has 1 aliphatic carbocycles. The molecule has 0 saturated heterocycles. The summed E-state index contributed by atoms with van der Waals surface area (Å²) in [5.74, 6) is -1.67. The molecule has 1 heterocycles. The second-order valence-corrected chi connectivity index (χ2v) is 6.69. The second kappa shape index (κ2) is 8.61. The summed E-state index contributed by atoms with van der Waals surface area (Å²) in [6.07, 6.45) is 3.59. The molecule has 0 aliphatic heterocycles. The molecule has 0 radical (unpaired) electrons. The van der Waals surface area contributed by atoms with Crippen molar-refractivity contribution >= 4 is 40.2 Å². The number of esters is 1. The summed E-state index contributed by atoms with van der Waals surface area (Å²) in [6.45, 7) is 2.89. The number of hydrogen-bond donors (Lipinski definition) is 3. The quantitative estimate of drug-likeness (QED) is 0.684. The minimum Gasteiger partial charge on any atom is -0.452 e. The van der Waals surface area contributed by atoms with Crippen molar-refractivity contribution in [2.24, 2.45) is 0 Å². The van der Waals surface area contributed by atoms with Crippen molar-refractivity contribution in [1.29, 1.82) is 0 Å². The number of ether oxygens (including phenoxy) is 1. The molecule has 0 saturated carbocycles. The van der Waals surface area contributed by atoms with Gasteiger partial charge in [0.15, 0.2) is 6.61 Å². The maximum Gasteiger partial charge on any atom is 0.341 e. The van der Waals surface area contributed by atoms with Crippen LogP contribution in [0.4, 0.5) is 9.80 Å². The molecule has 0 spiro atoms. The van der Waals surface area contributed by atoms with Gasteiger partial charge >= 0.3 is 12.0 Å². The zero-order chi connectivity index (χ0) is 18.4. The Morgan fingerprint density at radius 2 is 1.88 bits per heavy atom. The highest BCUT2D eigenvalue weighted by atomic mass is 32.1.